The van der Waals surface area contributed by atoms with E-state index in [1.165, 1.54) is 0 Å². The number of anilines is 2. The second-order valence-electron chi connectivity index (χ2n) is 15.4. The van der Waals surface area contributed by atoms with E-state index in [0.717, 1.165) is 60.6 Å². The van der Waals surface area contributed by atoms with Gasteiger partial charge in [-0.2, -0.15) is 0 Å². The maximum absolute atomic E-state index is 12.6. The van der Waals surface area contributed by atoms with Gasteiger partial charge in [-0.25, -0.2) is 9.97 Å². The SMILES string of the molecule is NC(N)=NCCCC[C@@H](N)C(=O)NCCCN(CCCNC(=O)[C@H](N)CCCCN=C(N)N)CCOc1ccc(CCCCN=C(N)NC(=O)c2nc(Cl)c(N)nc2N)c2ccccc12. The average Bonchev–Trinajstić information content (AvgIpc) is 3.26. The molecule has 65 heavy (non-hydrogen) atoms. The third kappa shape index (κ3) is 20.4. The van der Waals surface area contributed by atoms with Gasteiger partial charge in [0.25, 0.3) is 5.91 Å². The summed E-state index contributed by atoms with van der Waals surface area (Å²) in [4.78, 5) is 59.9. The molecule has 2 atom stereocenters. The van der Waals surface area contributed by atoms with Crippen LogP contribution in [0, 0.1) is 0 Å². The van der Waals surface area contributed by atoms with Crippen LogP contribution in [0.5, 0.6) is 5.75 Å². The number of benzene rings is 2. The van der Waals surface area contributed by atoms with Gasteiger partial charge in [-0.15, -0.1) is 0 Å². The molecule has 0 aliphatic heterocycles. The Bertz CT molecular complexity index is 2010. The number of halogens is 1. The van der Waals surface area contributed by atoms with E-state index in [2.05, 4.69) is 57.9 Å². The van der Waals surface area contributed by atoms with E-state index in [9.17, 15) is 14.4 Å². The Morgan fingerprint density at radius 2 is 1.23 bits per heavy atom. The van der Waals surface area contributed by atoms with E-state index in [0.29, 0.717) is 91.1 Å². The Balaban J connectivity index is 1.52. The first-order valence-electron chi connectivity index (χ1n) is 21.9. The maximum atomic E-state index is 12.6. The number of aliphatic imine (C=N–C) groups is 3. The number of nitrogen functional groups attached to an aromatic ring is 2. The molecule has 23 heteroatoms. The Morgan fingerprint density at radius 3 is 1.82 bits per heavy atom. The molecular weight excluding hydrogens is 856 g/mol. The molecule has 0 fully saturated rings. The number of carbonyl (C=O) groups is 3. The minimum absolute atomic E-state index is 0.0431. The van der Waals surface area contributed by atoms with Gasteiger partial charge >= 0.3 is 0 Å². The normalized spacial score (nSPS) is 12.3. The number of fused-ring (bicyclic) bond motifs is 1. The van der Waals surface area contributed by atoms with Gasteiger partial charge < -0.3 is 67.0 Å². The van der Waals surface area contributed by atoms with Gasteiger partial charge in [-0.1, -0.05) is 41.9 Å². The number of ether oxygens (including phenoxy) is 1. The third-order valence-corrected chi connectivity index (χ3v) is 10.4. The number of carbonyl (C=O) groups excluding carboxylic acids is 3. The van der Waals surface area contributed by atoms with E-state index in [-0.39, 0.29) is 52.2 Å². The minimum atomic E-state index is -0.696. The molecule has 0 saturated carbocycles. The predicted molar refractivity (Wildman–Crippen MR) is 259 cm³/mol. The standard InChI is InChI=1S/C42H69ClN18O4/c43-34-36(47)59-35(46)33(58-34)39(64)60-42(52)57-20-6-3-11-27-16-17-32(29-13-2-1-12-28(27)29)65-26-25-61(23-9-21-53-37(62)30(44)14-4-7-18-55-40(48)49)24-10-22-54-38(63)31(45)15-5-8-19-56-41(50)51/h1-2,12-13,16-17,30-31H,3-11,14-15,18-26,44-45H2,(H,53,62)(H,54,63)(H4,46,47,59)(H4,48,49,55)(H4,50,51,56)(H3,52,57,60,64)/t30-,31-/m1/s1. The molecule has 358 valence electrons. The van der Waals surface area contributed by atoms with Gasteiger partial charge in [0, 0.05) is 44.7 Å². The summed E-state index contributed by atoms with van der Waals surface area (Å²) >= 11 is 5.88. The zero-order valence-electron chi connectivity index (χ0n) is 37.2. The van der Waals surface area contributed by atoms with Crippen LogP contribution in [-0.2, 0) is 16.0 Å². The zero-order chi connectivity index (χ0) is 47.6. The fraction of sp³-hybridized carbons (Fsp3) is 0.524. The topological polar surface area (TPSA) is 397 Å². The quantitative estimate of drug-likeness (QED) is 0.0233. The van der Waals surface area contributed by atoms with Crippen LogP contribution in [0.3, 0.4) is 0 Å². The fourth-order valence-electron chi connectivity index (χ4n) is 6.67. The van der Waals surface area contributed by atoms with Crippen LogP contribution in [-0.4, -0.2) is 122 Å². The number of nitrogens with one attached hydrogen (secondary N) is 3. The first-order valence-corrected chi connectivity index (χ1v) is 22.3. The van der Waals surface area contributed by atoms with Crippen molar-refractivity contribution in [2.45, 2.75) is 82.7 Å². The molecular formula is C42H69ClN18O4. The molecule has 1 aromatic heterocycles. The van der Waals surface area contributed by atoms with Crippen molar-refractivity contribution < 1.29 is 19.1 Å². The molecule has 0 aliphatic rings. The fourth-order valence-corrected chi connectivity index (χ4v) is 6.80. The lowest BCUT2D eigenvalue weighted by molar-refractivity contribution is -0.123. The average molecular weight is 926 g/mol. The van der Waals surface area contributed by atoms with Gasteiger partial charge in [0.2, 0.25) is 11.8 Å². The van der Waals surface area contributed by atoms with Crippen LogP contribution in [0.4, 0.5) is 11.6 Å². The summed E-state index contributed by atoms with van der Waals surface area (Å²) in [5, 5.41) is 10.3. The first-order chi connectivity index (χ1) is 31.2. The number of hydrogen-bond donors (Lipinski definition) is 12. The lowest BCUT2D eigenvalue weighted by Crippen LogP contribution is -2.42. The van der Waals surface area contributed by atoms with Crippen LogP contribution < -0.4 is 72.3 Å². The number of nitrogens with two attached hydrogens (primary N) is 9. The Labute approximate surface area is 385 Å². The smallest absolute Gasteiger partial charge is 0.280 e. The lowest BCUT2D eigenvalue weighted by Gasteiger charge is -2.23. The van der Waals surface area contributed by atoms with Gasteiger partial charge in [0.05, 0.1) is 12.1 Å². The molecule has 21 N–H and O–H groups in total. The van der Waals surface area contributed by atoms with E-state index in [1.807, 2.05) is 24.3 Å². The van der Waals surface area contributed by atoms with Crippen LogP contribution in [0.2, 0.25) is 5.15 Å². The Hall–Kier alpha value is -6.23. The van der Waals surface area contributed by atoms with Crippen LogP contribution >= 0.6 is 11.6 Å². The van der Waals surface area contributed by atoms with Gasteiger partial charge in [0.15, 0.2) is 40.4 Å². The maximum Gasteiger partial charge on any atom is 0.280 e. The van der Waals surface area contributed by atoms with Crippen LogP contribution in [0.1, 0.15) is 80.3 Å². The summed E-state index contributed by atoms with van der Waals surface area (Å²) in [6.07, 6.45) is 7.68. The number of amides is 3. The molecule has 3 rings (SSSR count). The summed E-state index contributed by atoms with van der Waals surface area (Å²) in [5.41, 5.74) is 51.9. The second-order valence-corrected chi connectivity index (χ2v) is 15.7. The van der Waals surface area contributed by atoms with Crippen molar-refractivity contribution in [1.82, 2.24) is 30.8 Å². The van der Waals surface area contributed by atoms with Gasteiger partial charge in [-0.05, 0) is 101 Å². The van der Waals surface area contributed by atoms with Crippen molar-refractivity contribution in [2.24, 2.45) is 55.1 Å². The number of rotatable bonds is 30. The van der Waals surface area contributed by atoms with E-state index in [4.69, 9.17) is 67.9 Å². The van der Waals surface area contributed by atoms with Crippen molar-refractivity contribution in [1.29, 1.82) is 0 Å². The molecule has 2 aromatic carbocycles. The van der Waals surface area contributed by atoms with E-state index >= 15 is 0 Å². The van der Waals surface area contributed by atoms with Crippen molar-refractivity contribution in [2.75, 3.05) is 70.4 Å². The lowest BCUT2D eigenvalue weighted by atomic mass is 9.99. The number of hydrogen-bond acceptors (Lipinski definition) is 14. The molecule has 0 radical (unpaired) electrons. The molecule has 3 aromatic rings. The zero-order valence-corrected chi connectivity index (χ0v) is 37.9. The van der Waals surface area contributed by atoms with Crippen LogP contribution in [0.15, 0.2) is 51.4 Å². The molecule has 1 heterocycles. The highest BCUT2D eigenvalue weighted by atomic mass is 35.5. The number of unbranched alkanes of at least 4 members (excludes halogenated alkanes) is 3. The molecule has 0 aliphatic carbocycles. The first kappa shape index (κ1) is 53.1. The number of nitrogens with zero attached hydrogens (tertiary/aromatic N) is 6. The molecule has 22 nitrogen and oxygen atoms in total. The van der Waals surface area contributed by atoms with Crippen molar-refractivity contribution in [3.63, 3.8) is 0 Å². The van der Waals surface area contributed by atoms with Gasteiger partial charge in [-0.3, -0.25) is 39.6 Å². The summed E-state index contributed by atoms with van der Waals surface area (Å²) in [6, 6.07) is 10.9. The van der Waals surface area contributed by atoms with Crippen LogP contribution in [0.25, 0.3) is 10.8 Å². The Morgan fingerprint density at radius 1 is 0.677 bits per heavy atom. The highest BCUT2D eigenvalue weighted by molar-refractivity contribution is 6.31. The highest BCUT2D eigenvalue weighted by Gasteiger charge is 2.18. The van der Waals surface area contributed by atoms with E-state index < -0.39 is 18.0 Å². The Kier molecular flexibility index (Phi) is 23.9. The second kappa shape index (κ2) is 29.3. The number of aryl methyl sites for hydroxylation is 1. The van der Waals surface area contributed by atoms with Crippen molar-refractivity contribution in [3.05, 3.63) is 52.8 Å². The molecule has 3 amide bonds. The largest absolute Gasteiger partial charge is 0.492 e. The molecule has 0 bridgehead atoms. The highest BCUT2D eigenvalue weighted by Crippen LogP contribution is 2.29. The van der Waals surface area contributed by atoms with Crippen molar-refractivity contribution >= 4 is 69.6 Å². The molecule has 0 spiro atoms. The summed E-state index contributed by atoms with van der Waals surface area (Å²) in [7, 11) is 0. The minimum Gasteiger partial charge on any atom is -0.492 e. The number of aromatic nitrogens is 2. The number of guanidine groups is 3. The third-order valence-electron chi connectivity index (χ3n) is 10.1. The monoisotopic (exact) mass is 925 g/mol. The summed E-state index contributed by atoms with van der Waals surface area (Å²) < 4.78 is 6.39. The molecule has 0 unspecified atom stereocenters. The predicted octanol–water partition coefficient (Wildman–Crippen LogP) is -0.250. The van der Waals surface area contributed by atoms with Crippen molar-refractivity contribution in [3.8, 4) is 5.75 Å². The summed E-state index contributed by atoms with van der Waals surface area (Å²) in [6.45, 7) is 4.69. The van der Waals surface area contributed by atoms with E-state index in [1.54, 1.807) is 0 Å². The summed E-state index contributed by atoms with van der Waals surface area (Å²) in [5.74, 6) is -0.580. The van der Waals surface area contributed by atoms with Gasteiger partial charge in [0.1, 0.15) is 12.4 Å². The molecule has 0 saturated heterocycles.